The van der Waals surface area contributed by atoms with Crippen molar-refractivity contribution < 1.29 is 4.39 Å². The minimum atomic E-state index is -0.0659. The molecule has 0 N–H and O–H groups in total. The van der Waals surface area contributed by atoms with E-state index in [9.17, 15) is 4.39 Å². The fraction of sp³-hybridized carbons (Fsp3) is 0.364. The Labute approximate surface area is 143 Å². The summed E-state index contributed by atoms with van der Waals surface area (Å²) in [5.41, 5.74) is 5.51. The van der Waals surface area contributed by atoms with E-state index in [1.165, 1.54) is 29.5 Å². The minimum Gasteiger partial charge on any atom is -0.289 e. The lowest BCUT2D eigenvalue weighted by Gasteiger charge is -2.34. The Morgan fingerprint density at radius 1 is 1.04 bits per heavy atom. The van der Waals surface area contributed by atoms with Gasteiger partial charge in [0.15, 0.2) is 0 Å². The van der Waals surface area contributed by atoms with Crippen molar-refractivity contribution in [3.05, 3.63) is 76.6 Å². The Balaban J connectivity index is 1.60. The summed E-state index contributed by atoms with van der Waals surface area (Å²) in [6.45, 7) is 4.76. The summed E-state index contributed by atoms with van der Waals surface area (Å²) < 4.78 is 13.9. The van der Waals surface area contributed by atoms with Gasteiger partial charge in [0.05, 0.1) is 0 Å². The summed E-state index contributed by atoms with van der Waals surface area (Å²) in [4.78, 5) is 2.64. The molecule has 1 fully saturated rings. The Morgan fingerprint density at radius 3 is 2.42 bits per heavy atom. The van der Waals surface area contributed by atoms with E-state index in [-0.39, 0.29) is 5.82 Å². The van der Waals surface area contributed by atoms with Crippen LogP contribution in [0.15, 0.2) is 48.5 Å². The topological polar surface area (TPSA) is 3.24 Å². The lowest BCUT2D eigenvalue weighted by molar-refractivity contribution is 0.203. The molecule has 2 heteroatoms. The molecule has 0 amide bonds. The lowest BCUT2D eigenvalue weighted by atomic mass is 9.92. The zero-order chi connectivity index (χ0) is 16.7. The SMILES string of the molecule is Cc1cc(C2=CC3CCC(C2)N3Cc2ccccc2)cc(C)c1F. The molecule has 2 heterocycles. The lowest BCUT2D eigenvalue weighted by Crippen LogP contribution is -2.37. The maximum Gasteiger partial charge on any atom is 0.129 e. The first-order valence-corrected chi connectivity index (χ1v) is 8.89. The molecule has 0 aromatic heterocycles. The van der Waals surface area contributed by atoms with Crippen molar-refractivity contribution in [2.75, 3.05) is 0 Å². The predicted octanol–water partition coefficient (Wildman–Crippen LogP) is 5.26. The Kier molecular flexibility index (Phi) is 4.01. The standard InChI is InChI=1S/C22H24FN/c1-15-10-18(11-16(2)22(15)23)19-12-20-8-9-21(13-19)24(20)14-17-6-4-3-5-7-17/h3-7,10-12,20-21H,8-9,13-14H2,1-2H3. The van der Waals surface area contributed by atoms with Crippen LogP contribution >= 0.6 is 0 Å². The van der Waals surface area contributed by atoms with Crippen LogP contribution in [0.25, 0.3) is 5.57 Å². The fourth-order valence-electron chi connectivity index (χ4n) is 4.30. The van der Waals surface area contributed by atoms with Gasteiger partial charge in [0.1, 0.15) is 5.82 Å². The molecular weight excluding hydrogens is 297 g/mol. The highest BCUT2D eigenvalue weighted by Gasteiger charge is 2.36. The Hall–Kier alpha value is -1.93. The van der Waals surface area contributed by atoms with Crippen molar-refractivity contribution in [3.8, 4) is 0 Å². The number of nitrogens with zero attached hydrogens (tertiary/aromatic N) is 1. The number of benzene rings is 2. The largest absolute Gasteiger partial charge is 0.289 e. The van der Waals surface area contributed by atoms with Gasteiger partial charge in [-0.15, -0.1) is 0 Å². The van der Waals surface area contributed by atoms with Gasteiger partial charge in [-0.2, -0.15) is 0 Å². The Morgan fingerprint density at radius 2 is 1.75 bits per heavy atom. The molecule has 4 rings (SSSR count). The summed E-state index contributed by atoms with van der Waals surface area (Å²) in [5.74, 6) is -0.0659. The van der Waals surface area contributed by atoms with E-state index < -0.39 is 0 Å². The smallest absolute Gasteiger partial charge is 0.129 e. The van der Waals surface area contributed by atoms with Gasteiger partial charge < -0.3 is 0 Å². The summed E-state index contributed by atoms with van der Waals surface area (Å²) >= 11 is 0. The Bertz CT molecular complexity index is 755. The molecule has 2 aromatic rings. The van der Waals surface area contributed by atoms with Crippen LogP contribution in [0.5, 0.6) is 0 Å². The maximum absolute atomic E-state index is 13.9. The van der Waals surface area contributed by atoms with Gasteiger partial charge in [0.25, 0.3) is 0 Å². The first kappa shape index (κ1) is 15.6. The van der Waals surface area contributed by atoms with Gasteiger partial charge in [-0.1, -0.05) is 36.4 Å². The number of fused-ring (bicyclic) bond motifs is 2. The van der Waals surface area contributed by atoms with E-state index in [4.69, 9.17) is 0 Å². The summed E-state index contributed by atoms with van der Waals surface area (Å²) in [7, 11) is 0. The van der Waals surface area contributed by atoms with E-state index >= 15 is 0 Å². The second-order valence-corrected chi connectivity index (χ2v) is 7.28. The van der Waals surface area contributed by atoms with E-state index in [0.29, 0.717) is 12.1 Å². The van der Waals surface area contributed by atoms with Gasteiger partial charge in [-0.3, -0.25) is 4.90 Å². The van der Waals surface area contributed by atoms with E-state index in [1.807, 2.05) is 26.0 Å². The monoisotopic (exact) mass is 321 g/mol. The third-order valence-electron chi connectivity index (χ3n) is 5.55. The molecule has 0 saturated carbocycles. The third-order valence-corrected chi connectivity index (χ3v) is 5.55. The van der Waals surface area contributed by atoms with Crippen molar-refractivity contribution in [2.24, 2.45) is 0 Å². The molecule has 2 aliphatic rings. The predicted molar refractivity (Wildman–Crippen MR) is 97.3 cm³/mol. The molecule has 1 saturated heterocycles. The van der Waals surface area contributed by atoms with Crippen LogP contribution in [0.3, 0.4) is 0 Å². The van der Waals surface area contributed by atoms with Crippen LogP contribution < -0.4 is 0 Å². The quantitative estimate of drug-likeness (QED) is 0.745. The van der Waals surface area contributed by atoms with Crippen molar-refractivity contribution in [3.63, 3.8) is 0 Å². The average Bonchev–Trinajstić information content (AvgIpc) is 2.82. The highest BCUT2D eigenvalue weighted by molar-refractivity contribution is 5.69. The first-order chi connectivity index (χ1) is 11.6. The van der Waals surface area contributed by atoms with Gasteiger partial charge >= 0.3 is 0 Å². The van der Waals surface area contributed by atoms with Crippen LogP contribution in [0.2, 0.25) is 0 Å². The molecule has 24 heavy (non-hydrogen) atoms. The molecule has 0 radical (unpaired) electrons. The number of hydrogen-bond acceptors (Lipinski definition) is 1. The van der Waals surface area contributed by atoms with Crippen molar-refractivity contribution in [1.29, 1.82) is 0 Å². The zero-order valence-corrected chi connectivity index (χ0v) is 14.4. The second-order valence-electron chi connectivity index (χ2n) is 7.28. The van der Waals surface area contributed by atoms with Crippen molar-refractivity contribution >= 4 is 5.57 Å². The van der Waals surface area contributed by atoms with Crippen LogP contribution in [0.1, 0.15) is 41.5 Å². The van der Waals surface area contributed by atoms with Gasteiger partial charge in [0.2, 0.25) is 0 Å². The summed E-state index contributed by atoms with van der Waals surface area (Å²) in [6, 6.07) is 15.9. The maximum atomic E-state index is 13.9. The normalized spacial score (nSPS) is 23.4. The molecule has 2 bridgehead atoms. The van der Waals surface area contributed by atoms with E-state index in [0.717, 1.165) is 24.1 Å². The molecule has 2 aromatic carbocycles. The first-order valence-electron chi connectivity index (χ1n) is 8.89. The number of halogens is 1. The van der Waals surface area contributed by atoms with Gasteiger partial charge in [-0.25, -0.2) is 4.39 Å². The fourth-order valence-corrected chi connectivity index (χ4v) is 4.30. The van der Waals surface area contributed by atoms with Crippen LogP contribution in [-0.4, -0.2) is 17.0 Å². The average molecular weight is 321 g/mol. The second kappa shape index (κ2) is 6.18. The number of rotatable bonds is 3. The number of aryl methyl sites for hydroxylation is 2. The van der Waals surface area contributed by atoms with Crippen LogP contribution in [0, 0.1) is 19.7 Å². The van der Waals surface area contributed by atoms with Gasteiger partial charge in [-0.05, 0) is 73.1 Å². The summed E-state index contributed by atoms with van der Waals surface area (Å²) in [5, 5.41) is 0. The third kappa shape index (κ3) is 2.80. The highest BCUT2D eigenvalue weighted by Crippen LogP contribution is 2.39. The summed E-state index contributed by atoms with van der Waals surface area (Å²) in [6.07, 6.45) is 6.00. The molecule has 1 nitrogen and oxygen atoms in total. The van der Waals surface area contributed by atoms with Crippen molar-refractivity contribution in [2.45, 2.75) is 51.7 Å². The molecule has 2 aliphatic heterocycles. The molecule has 0 spiro atoms. The molecule has 124 valence electrons. The van der Waals surface area contributed by atoms with Crippen LogP contribution in [0.4, 0.5) is 4.39 Å². The minimum absolute atomic E-state index is 0.0659. The molecular formula is C22H24FN. The molecule has 2 atom stereocenters. The van der Waals surface area contributed by atoms with E-state index in [2.05, 4.69) is 41.3 Å². The zero-order valence-electron chi connectivity index (χ0n) is 14.4. The highest BCUT2D eigenvalue weighted by atomic mass is 19.1. The van der Waals surface area contributed by atoms with Gasteiger partial charge in [0, 0.05) is 18.6 Å². The number of hydrogen-bond donors (Lipinski definition) is 0. The van der Waals surface area contributed by atoms with Crippen molar-refractivity contribution in [1.82, 2.24) is 4.90 Å². The van der Waals surface area contributed by atoms with E-state index in [1.54, 1.807) is 0 Å². The molecule has 2 unspecified atom stereocenters. The van der Waals surface area contributed by atoms with Crippen LogP contribution in [-0.2, 0) is 6.54 Å². The molecule has 0 aliphatic carbocycles.